The van der Waals surface area contributed by atoms with Gasteiger partial charge in [-0.15, -0.1) is 0 Å². The van der Waals surface area contributed by atoms with Crippen molar-refractivity contribution in [2.24, 2.45) is 5.73 Å². The number of benzene rings is 3. The fraction of sp³-hybridized carbons (Fsp3) is 0.345. The zero-order valence-electron chi connectivity index (χ0n) is 20.2. The van der Waals surface area contributed by atoms with E-state index in [9.17, 15) is 4.79 Å². The average Bonchev–Trinajstić information content (AvgIpc) is 2.78. The Morgan fingerprint density at radius 2 is 1.73 bits per heavy atom. The number of carbonyl (C=O) groups is 1. The fourth-order valence-electron chi connectivity index (χ4n) is 5.04. The number of carbonyl (C=O) groups excluding carboxylic acids is 1. The summed E-state index contributed by atoms with van der Waals surface area (Å²) in [5.74, 6) is -0.0802. The maximum absolute atomic E-state index is 13.1. The van der Waals surface area contributed by atoms with Gasteiger partial charge in [-0.2, -0.15) is 0 Å². The van der Waals surface area contributed by atoms with Gasteiger partial charge in [0.1, 0.15) is 0 Å². The molecule has 33 heavy (non-hydrogen) atoms. The second kappa shape index (κ2) is 9.80. The Labute approximate surface area is 197 Å². The van der Waals surface area contributed by atoms with Gasteiger partial charge in [0, 0.05) is 19.3 Å². The summed E-state index contributed by atoms with van der Waals surface area (Å²) in [6.07, 6.45) is 2.31. The summed E-state index contributed by atoms with van der Waals surface area (Å²) in [6.45, 7) is 7.20. The van der Waals surface area contributed by atoms with Gasteiger partial charge in [-0.05, 0) is 79.5 Å². The first kappa shape index (κ1) is 23.1. The van der Waals surface area contributed by atoms with Crippen LogP contribution < -0.4 is 16.0 Å². The lowest BCUT2D eigenvalue weighted by Crippen LogP contribution is -2.45. The zero-order chi connectivity index (χ0) is 23.5. The minimum atomic E-state index is -0.569. The van der Waals surface area contributed by atoms with E-state index in [1.165, 1.54) is 44.6 Å². The lowest BCUT2D eigenvalue weighted by Gasteiger charge is -2.34. The van der Waals surface area contributed by atoms with E-state index in [1.54, 1.807) is 0 Å². The van der Waals surface area contributed by atoms with Gasteiger partial charge >= 0.3 is 0 Å². The van der Waals surface area contributed by atoms with Crippen LogP contribution >= 0.6 is 0 Å². The van der Waals surface area contributed by atoms with Crippen molar-refractivity contribution in [3.8, 4) is 0 Å². The Morgan fingerprint density at radius 3 is 2.42 bits per heavy atom. The lowest BCUT2D eigenvalue weighted by atomic mass is 9.92. The van der Waals surface area contributed by atoms with Crippen molar-refractivity contribution in [2.75, 3.05) is 18.5 Å². The maximum Gasteiger partial charge on any atom is 0.237 e. The molecular weight excluding hydrogens is 406 g/mol. The first-order chi connectivity index (χ1) is 15.8. The number of nitrogens with zero attached hydrogens (tertiary/aromatic N) is 1. The molecule has 0 bridgehead atoms. The maximum atomic E-state index is 13.1. The minimum Gasteiger partial charge on any atom is -0.374 e. The summed E-state index contributed by atoms with van der Waals surface area (Å²) < 4.78 is 0. The summed E-state index contributed by atoms with van der Waals surface area (Å²) in [5, 5.41) is 3.27. The highest BCUT2D eigenvalue weighted by atomic mass is 16.2. The van der Waals surface area contributed by atoms with Gasteiger partial charge < -0.3 is 16.0 Å². The van der Waals surface area contributed by atoms with Gasteiger partial charge in [0.25, 0.3) is 0 Å². The van der Waals surface area contributed by atoms with E-state index in [0.717, 1.165) is 19.4 Å². The topological polar surface area (TPSA) is 58.4 Å². The molecular formula is C29H35N3O. The molecule has 3 aromatic rings. The summed E-state index contributed by atoms with van der Waals surface area (Å²) in [4.78, 5) is 15.4. The van der Waals surface area contributed by atoms with Gasteiger partial charge in [-0.25, -0.2) is 0 Å². The quantitative estimate of drug-likeness (QED) is 0.579. The number of rotatable bonds is 6. The third kappa shape index (κ3) is 5.28. The number of anilines is 1. The van der Waals surface area contributed by atoms with Crippen molar-refractivity contribution in [3.05, 3.63) is 99.6 Å². The number of hydrogen-bond acceptors (Lipinski definition) is 3. The van der Waals surface area contributed by atoms with E-state index in [-0.39, 0.29) is 11.9 Å². The average molecular weight is 442 g/mol. The summed E-state index contributed by atoms with van der Waals surface area (Å²) in [7, 11) is 2.11. The molecule has 0 aromatic heterocycles. The molecule has 0 unspecified atom stereocenters. The smallest absolute Gasteiger partial charge is 0.237 e. The Bertz CT molecular complexity index is 1120. The molecule has 2 atom stereocenters. The zero-order valence-corrected chi connectivity index (χ0v) is 20.2. The highest BCUT2D eigenvalue weighted by molar-refractivity contribution is 5.83. The number of fused-ring (bicyclic) bond motifs is 1. The molecule has 1 heterocycles. The van der Waals surface area contributed by atoms with Gasteiger partial charge in [0.05, 0.1) is 12.1 Å². The normalized spacial score (nSPS) is 16.3. The van der Waals surface area contributed by atoms with Crippen LogP contribution in [0.3, 0.4) is 0 Å². The van der Waals surface area contributed by atoms with Crippen LogP contribution in [-0.4, -0.2) is 25.5 Å². The molecule has 1 amide bonds. The molecule has 4 heteroatoms. The van der Waals surface area contributed by atoms with Crippen molar-refractivity contribution in [1.82, 2.24) is 5.32 Å². The first-order valence-electron chi connectivity index (χ1n) is 11.8. The molecule has 0 radical (unpaired) electrons. The van der Waals surface area contributed by atoms with Crippen molar-refractivity contribution >= 4 is 11.6 Å². The molecule has 0 saturated carbocycles. The molecule has 0 spiro atoms. The second-order valence-corrected chi connectivity index (χ2v) is 9.51. The van der Waals surface area contributed by atoms with E-state index in [1.807, 2.05) is 6.07 Å². The van der Waals surface area contributed by atoms with Crippen LogP contribution in [-0.2, 0) is 17.6 Å². The Morgan fingerprint density at radius 1 is 1.03 bits per heavy atom. The molecule has 0 fully saturated rings. The van der Waals surface area contributed by atoms with Crippen LogP contribution in [0.5, 0.6) is 0 Å². The largest absolute Gasteiger partial charge is 0.374 e. The molecule has 3 N–H and O–H groups in total. The highest BCUT2D eigenvalue weighted by Crippen LogP contribution is 2.34. The van der Waals surface area contributed by atoms with Crippen LogP contribution in [0.1, 0.15) is 51.4 Å². The van der Waals surface area contributed by atoms with Gasteiger partial charge in [0.2, 0.25) is 5.91 Å². The molecule has 1 aliphatic rings. The molecule has 172 valence electrons. The number of nitrogens with two attached hydrogens (primary N) is 1. The fourth-order valence-corrected chi connectivity index (χ4v) is 5.04. The van der Waals surface area contributed by atoms with Crippen molar-refractivity contribution in [2.45, 2.75) is 52.1 Å². The van der Waals surface area contributed by atoms with E-state index < -0.39 is 6.04 Å². The third-order valence-corrected chi connectivity index (χ3v) is 6.80. The van der Waals surface area contributed by atoms with E-state index >= 15 is 0 Å². The van der Waals surface area contributed by atoms with Crippen LogP contribution in [0.4, 0.5) is 5.69 Å². The standard InChI is InChI=1S/C29H35N3O/c1-19-14-20(2)24(21(3)15-19)18-26(30)29(33)31-27-12-13-32(4)28-11-10-23(17-25(27)28)16-22-8-6-5-7-9-22/h5-11,14-15,17,26-27H,12-13,16,18,30H2,1-4H3,(H,31,33)/t26-,27+/m0/s1. The summed E-state index contributed by atoms with van der Waals surface area (Å²) in [5.41, 5.74) is 16.1. The number of nitrogens with one attached hydrogen (secondary N) is 1. The molecule has 4 rings (SSSR count). The Hall–Kier alpha value is -3.11. The van der Waals surface area contributed by atoms with E-state index in [2.05, 4.69) is 92.6 Å². The van der Waals surface area contributed by atoms with Gasteiger partial charge in [-0.3, -0.25) is 4.79 Å². The minimum absolute atomic E-state index is 0.0225. The monoisotopic (exact) mass is 441 g/mol. The summed E-state index contributed by atoms with van der Waals surface area (Å²) >= 11 is 0. The van der Waals surface area contributed by atoms with Gasteiger partial charge in [-0.1, -0.05) is 60.2 Å². The third-order valence-electron chi connectivity index (χ3n) is 6.80. The second-order valence-electron chi connectivity index (χ2n) is 9.51. The molecule has 1 aliphatic heterocycles. The highest BCUT2D eigenvalue weighted by Gasteiger charge is 2.27. The van der Waals surface area contributed by atoms with Crippen molar-refractivity contribution < 1.29 is 4.79 Å². The molecule has 3 aromatic carbocycles. The van der Waals surface area contributed by atoms with Crippen molar-refractivity contribution in [1.29, 1.82) is 0 Å². The lowest BCUT2D eigenvalue weighted by molar-refractivity contribution is -0.123. The predicted molar refractivity (Wildman–Crippen MR) is 137 cm³/mol. The Balaban J connectivity index is 1.51. The van der Waals surface area contributed by atoms with Crippen LogP contribution in [0.25, 0.3) is 0 Å². The van der Waals surface area contributed by atoms with Gasteiger partial charge in [0.15, 0.2) is 0 Å². The number of amides is 1. The van der Waals surface area contributed by atoms with Crippen LogP contribution in [0, 0.1) is 20.8 Å². The van der Waals surface area contributed by atoms with E-state index in [4.69, 9.17) is 5.73 Å². The number of hydrogen-bond donors (Lipinski definition) is 2. The molecule has 0 saturated heterocycles. The molecule has 0 aliphatic carbocycles. The first-order valence-corrected chi connectivity index (χ1v) is 11.8. The molecule has 4 nitrogen and oxygen atoms in total. The predicted octanol–water partition coefficient (Wildman–Crippen LogP) is 4.77. The Kier molecular flexibility index (Phi) is 6.85. The number of aryl methyl sites for hydroxylation is 3. The van der Waals surface area contributed by atoms with Crippen LogP contribution in [0.15, 0.2) is 60.7 Å². The van der Waals surface area contributed by atoms with Crippen LogP contribution in [0.2, 0.25) is 0 Å². The SMILES string of the molecule is Cc1cc(C)c(C[C@H](N)C(=O)N[C@@H]2CCN(C)c3ccc(Cc4ccccc4)cc32)c(C)c1. The van der Waals surface area contributed by atoms with E-state index in [0.29, 0.717) is 6.42 Å². The van der Waals surface area contributed by atoms with Crippen molar-refractivity contribution in [3.63, 3.8) is 0 Å². The summed E-state index contributed by atoms with van der Waals surface area (Å²) in [6, 6.07) is 20.9.